The van der Waals surface area contributed by atoms with Gasteiger partial charge in [0.05, 0.1) is 24.4 Å². The summed E-state index contributed by atoms with van der Waals surface area (Å²) in [5.74, 6) is -0.781. The number of aryl methyl sites for hydroxylation is 1. The van der Waals surface area contributed by atoms with E-state index in [2.05, 4.69) is 15.4 Å². The summed E-state index contributed by atoms with van der Waals surface area (Å²) < 4.78 is 54.5. The molecule has 0 aliphatic rings. The molecule has 2 N–H and O–H groups in total. The molecule has 3 aromatic rings. The van der Waals surface area contributed by atoms with Crippen molar-refractivity contribution in [3.63, 3.8) is 0 Å². The standard InChI is InChI=1S/C20H22F4N4O/c1-11-7-16(28-18(26-11)13(10-29)9-25-28)27-17(19(2,3)4)12-5-6-14(15(21)8-12)20(22,23)24/h5-9,17,27,29H,10H2,1-4H3/t17-/m0/s1. The van der Waals surface area contributed by atoms with Gasteiger partial charge < -0.3 is 10.4 Å². The molecule has 0 aliphatic carbocycles. The highest BCUT2D eigenvalue weighted by atomic mass is 19.4. The molecule has 1 aromatic carbocycles. The molecule has 0 radical (unpaired) electrons. The highest BCUT2D eigenvalue weighted by molar-refractivity contribution is 5.55. The summed E-state index contributed by atoms with van der Waals surface area (Å²) in [7, 11) is 0. The van der Waals surface area contributed by atoms with E-state index in [-0.39, 0.29) is 6.61 Å². The van der Waals surface area contributed by atoms with Crippen LogP contribution in [-0.2, 0) is 12.8 Å². The Kier molecular flexibility index (Phi) is 5.29. The van der Waals surface area contributed by atoms with Crippen LogP contribution < -0.4 is 5.32 Å². The van der Waals surface area contributed by atoms with E-state index < -0.39 is 29.0 Å². The summed E-state index contributed by atoms with van der Waals surface area (Å²) in [6.45, 7) is 7.24. The first-order chi connectivity index (χ1) is 13.4. The van der Waals surface area contributed by atoms with Crippen molar-refractivity contribution < 1.29 is 22.7 Å². The van der Waals surface area contributed by atoms with Crippen LogP contribution in [0.4, 0.5) is 23.4 Å². The number of rotatable bonds is 4. The van der Waals surface area contributed by atoms with E-state index in [1.54, 1.807) is 13.0 Å². The molecule has 0 saturated heterocycles. The zero-order valence-corrected chi connectivity index (χ0v) is 16.5. The number of nitrogens with zero attached hydrogens (tertiary/aromatic N) is 3. The summed E-state index contributed by atoms with van der Waals surface area (Å²) >= 11 is 0. The Hall–Kier alpha value is -2.68. The fraction of sp³-hybridized carbons (Fsp3) is 0.400. The van der Waals surface area contributed by atoms with Gasteiger partial charge in [0.15, 0.2) is 5.65 Å². The van der Waals surface area contributed by atoms with Crippen molar-refractivity contribution in [1.29, 1.82) is 0 Å². The minimum Gasteiger partial charge on any atom is -0.391 e. The molecule has 2 heterocycles. The lowest BCUT2D eigenvalue weighted by molar-refractivity contribution is -0.140. The second-order valence-electron chi connectivity index (χ2n) is 8.03. The van der Waals surface area contributed by atoms with Gasteiger partial charge in [-0.3, -0.25) is 0 Å². The number of aliphatic hydroxyl groups excluding tert-OH is 1. The number of benzene rings is 1. The molecule has 0 saturated carbocycles. The van der Waals surface area contributed by atoms with E-state index in [4.69, 9.17) is 0 Å². The molecule has 0 bridgehead atoms. The zero-order valence-electron chi connectivity index (χ0n) is 16.5. The van der Waals surface area contributed by atoms with Gasteiger partial charge in [0.2, 0.25) is 0 Å². The van der Waals surface area contributed by atoms with Gasteiger partial charge in [0.1, 0.15) is 11.6 Å². The molecule has 2 aromatic heterocycles. The maximum atomic E-state index is 14.2. The first-order valence-electron chi connectivity index (χ1n) is 9.00. The molecule has 0 unspecified atom stereocenters. The number of aliphatic hydroxyl groups is 1. The number of nitrogens with one attached hydrogen (secondary N) is 1. The van der Waals surface area contributed by atoms with Crippen LogP contribution in [0.1, 0.15) is 49.2 Å². The molecule has 9 heteroatoms. The number of aromatic nitrogens is 3. The molecule has 0 amide bonds. The fourth-order valence-electron chi connectivity index (χ4n) is 3.23. The Morgan fingerprint density at radius 2 is 1.86 bits per heavy atom. The van der Waals surface area contributed by atoms with Gasteiger partial charge in [0, 0.05) is 17.3 Å². The average Bonchev–Trinajstić information content (AvgIpc) is 3.00. The van der Waals surface area contributed by atoms with Crippen LogP contribution >= 0.6 is 0 Å². The Balaban J connectivity index is 2.08. The average molecular weight is 410 g/mol. The van der Waals surface area contributed by atoms with E-state index in [0.717, 1.165) is 12.1 Å². The topological polar surface area (TPSA) is 62.5 Å². The van der Waals surface area contributed by atoms with E-state index in [0.29, 0.717) is 28.3 Å². The minimum atomic E-state index is -4.75. The molecule has 3 rings (SSSR count). The van der Waals surface area contributed by atoms with Crippen LogP contribution in [0.3, 0.4) is 0 Å². The predicted octanol–water partition coefficient (Wildman–Crippen LogP) is 4.89. The summed E-state index contributed by atoms with van der Waals surface area (Å²) in [4.78, 5) is 4.38. The Labute approximate surface area is 165 Å². The highest BCUT2D eigenvalue weighted by Gasteiger charge is 2.35. The van der Waals surface area contributed by atoms with Gasteiger partial charge in [-0.15, -0.1) is 0 Å². The molecule has 0 spiro atoms. The monoisotopic (exact) mass is 410 g/mol. The Bertz CT molecular complexity index is 1040. The zero-order chi connectivity index (χ0) is 21.6. The Morgan fingerprint density at radius 1 is 1.17 bits per heavy atom. The quantitative estimate of drug-likeness (QED) is 0.602. The number of alkyl halides is 3. The molecule has 0 fully saturated rings. The summed E-state index contributed by atoms with van der Waals surface area (Å²) in [5, 5.41) is 17.0. The lowest BCUT2D eigenvalue weighted by atomic mass is 9.82. The summed E-state index contributed by atoms with van der Waals surface area (Å²) in [6.07, 6.45) is -3.26. The predicted molar refractivity (Wildman–Crippen MR) is 101 cm³/mol. The van der Waals surface area contributed by atoms with Crippen molar-refractivity contribution in [3.05, 3.63) is 58.7 Å². The van der Waals surface area contributed by atoms with Crippen molar-refractivity contribution in [3.8, 4) is 0 Å². The highest BCUT2D eigenvalue weighted by Crippen LogP contribution is 2.38. The molecule has 156 valence electrons. The lowest BCUT2D eigenvalue weighted by Gasteiger charge is -2.33. The molecular weight excluding hydrogens is 388 g/mol. The normalized spacial score (nSPS) is 13.7. The van der Waals surface area contributed by atoms with Crippen molar-refractivity contribution >= 4 is 11.5 Å². The third-order valence-electron chi connectivity index (χ3n) is 4.63. The third-order valence-corrected chi connectivity index (χ3v) is 4.63. The number of halogens is 4. The fourth-order valence-corrected chi connectivity index (χ4v) is 3.23. The smallest absolute Gasteiger partial charge is 0.391 e. The van der Waals surface area contributed by atoms with Crippen molar-refractivity contribution in [2.24, 2.45) is 5.41 Å². The molecule has 29 heavy (non-hydrogen) atoms. The SMILES string of the molecule is Cc1cc(N[C@@H](c2ccc(C(F)(F)F)c(F)c2)C(C)(C)C)n2ncc(CO)c2n1. The van der Waals surface area contributed by atoms with E-state index in [1.807, 2.05) is 20.8 Å². The van der Waals surface area contributed by atoms with Crippen LogP contribution in [0.25, 0.3) is 5.65 Å². The van der Waals surface area contributed by atoms with Gasteiger partial charge in [-0.2, -0.15) is 22.8 Å². The number of hydrogen-bond acceptors (Lipinski definition) is 4. The van der Waals surface area contributed by atoms with E-state index in [1.165, 1.54) is 16.8 Å². The second-order valence-corrected chi connectivity index (χ2v) is 8.03. The third kappa shape index (κ3) is 4.19. The molecule has 5 nitrogen and oxygen atoms in total. The van der Waals surface area contributed by atoms with Gasteiger partial charge in [-0.1, -0.05) is 26.8 Å². The van der Waals surface area contributed by atoms with Crippen molar-refractivity contribution in [2.45, 2.75) is 46.5 Å². The van der Waals surface area contributed by atoms with Crippen LogP contribution in [0, 0.1) is 18.2 Å². The van der Waals surface area contributed by atoms with Gasteiger partial charge >= 0.3 is 6.18 Å². The van der Waals surface area contributed by atoms with Crippen LogP contribution in [0.15, 0.2) is 30.5 Å². The first-order valence-corrected chi connectivity index (χ1v) is 9.00. The maximum Gasteiger partial charge on any atom is 0.419 e. The molecular formula is C20H22F4N4O. The number of hydrogen-bond donors (Lipinski definition) is 2. The molecule has 0 aliphatic heterocycles. The Morgan fingerprint density at radius 3 is 2.41 bits per heavy atom. The lowest BCUT2D eigenvalue weighted by Crippen LogP contribution is -2.27. The van der Waals surface area contributed by atoms with Crippen LogP contribution in [-0.4, -0.2) is 19.7 Å². The first kappa shape index (κ1) is 21.0. The largest absolute Gasteiger partial charge is 0.419 e. The number of fused-ring (bicyclic) bond motifs is 1. The minimum absolute atomic E-state index is 0.230. The second kappa shape index (κ2) is 7.29. The van der Waals surface area contributed by atoms with Crippen molar-refractivity contribution in [2.75, 3.05) is 5.32 Å². The summed E-state index contributed by atoms with van der Waals surface area (Å²) in [6, 6.07) is 4.17. The van der Waals surface area contributed by atoms with Crippen molar-refractivity contribution in [1.82, 2.24) is 14.6 Å². The van der Waals surface area contributed by atoms with Gasteiger partial charge in [-0.25, -0.2) is 9.37 Å². The summed E-state index contributed by atoms with van der Waals surface area (Å²) in [5.41, 5.74) is 0.297. The van der Waals surface area contributed by atoms with E-state index in [9.17, 15) is 22.7 Å². The van der Waals surface area contributed by atoms with E-state index >= 15 is 0 Å². The van der Waals surface area contributed by atoms with Crippen LogP contribution in [0.2, 0.25) is 0 Å². The maximum absolute atomic E-state index is 14.2. The number of anilines is 1. The van der Waals surface area contributed by atoms with Crippen LogP contribution in [0.5, 0.6) is 0 Å². The molecule has 1 atom stereocenters. The van der Waals surface area contributed by atoms with Gasteiger partial charge in [0.25, 0.3) is 0 Å². The van der Waals surface area contributed by atoms with Gasteiger partial charge in [-0.05, 0) is 30.0 Å².